The molecule has 0 saturated heterocycles. The molecule has 0 saturated carbocycles. The number of aromatic amines is 1. The van der Waals surface area contributed by atoms with Crippen molar-refractivity contribution in [1.29, 1.82) is 0 Å². The van der Waals surface area contributed by atoms with Crippen molar-refractivity contribution in [2.45, 2.75) is 6.54 Å². The second-order valence-corrected chi connectivity index (χ2v) is 6.56. The van der Waals surface area contributed by atoms with Gasteiger partial charge >= 0.3 is 0 Å². The highest BCUT2D eigenvalue weighted by atomic mass is 19.2. The van der Waals surface area contributed by atoms with Crippen LogP contribution in [0.15, 0.2) is 48.9 Å². The summed E-state index contributed by atoms with van der Waals surface area (Å²) in [6, 6.07) is 6.94. The summed E-state index contributed by atoms with van der Waals surface area (Å²) < 4.78 is 32.1. The van der Waals surface area contributed by atoms with E-state index in [1.807, 2.05) is 0 Å². The van der Waals surface area contributed by atoms with Gasteiger partial charge in [-0.25, -0.2) is 8.78 Å². The normalized spacial score (nSPS) is 11.2. The zero-order valence-corrected chi connectivity index (χ0v) is 16.4. The van der Waals surface area contributed by atoms with Gasteiger partial charge in [-0.1, -0.05) is 12.1 Å². The van der Waals surface area contributed by atoms with Crippen LogP contribution in [0.25, 0.3) is 23.1 Å². The molecular weight excluding hydrogens is 404 g/mol. The molecule has 0 radical (unpaired) electrons. The lowest BCUT2D eigenvalue weighted by atomic mass is 10.1. The first-order chi connectivity index (χ1) is 15.1. The summed E-state index contributed by atoms with van der Waals surface area (Å²) in [4.78, 5) is 20.9. The zero-order chi connectivity index (χ0) is 21.8. The maximum absolute atomic E-state index is 13.5. The second kappa shape index (κ2) is 8.70. The zero-order valence-electron chi connectivity index (χ0n) is 16.4. The van der Waals surface area contributed by atoms with Crippen LogP contribution in [0, 0.1) is 11.6 Å². The Morgan fingerprint density at radius 2 is 2.03 bits per heavy atom. The van der Waals surface area contributed by atoms with Crippen LogP contribution in [0.1, 0.15) is 27.3 Å². The van der Waals surface area contributed by atoms with Gasteiger partial charge < -0.3 is 10.1 Å². The van der Waals surface area contributed by atoms with Crippen LogP contribution in [-0.4, -0.2) is 33.2 Å². The topological polar surface area (TPSA) is 92.8 Å². The SMILES string of the molecule is COc1c(C(=O)NCc2cnccn2)ccc2[nH]nc(/C=C/c3ccc(F)c(F)c3)c12. The van der Waals surface area contributed by atoms with E-state index >= 15 is 0 Å². The molecule has 2 heterocycles. The Kier molecular flexibility index (Phi) is 5.65. The number of carbonyl (C=O) groups excluding carboxylic acids is 1. The molecule has 0 aliphatic heterocycles. The fourth-order valence-electron chi connectivity index (χ4n) is 3.10. The Balaban J connectivity index is 1.65. The number of hydrogen-bond donors (Lipinski definition) is 2. The fourth-order valence-corrected chi connectivity index (χ4v) is 3.10. The summed E-state index contributed by atoms with van der Waals surface area (Å²) in [7, 11) is 1.46. The van der Waals surface area contributed by atoms with Crippen LogP contribution in [0.2, 0.25) is 0 Å². The number of methoxy groups -OCH3 is 1. The molecule has 7 nitrogen and oxygen atoms in total. The van der Waals surface area contributed by atoms with E-state index in [0.29, 0.717) is 39.2 Å². The Hall–Kier alpha value is -4.14. The first kappa shape index (κ1) is 20.1. The smallest absolute Gasteiger partial charge is 0.255 e. The predicted octanol–water partition coefficient (Wildman–Crippen LogP) is 3.74. The molecule has 31 heavy (non-hydrogen) atoms. The molecule has 1 amide bonds. The average Bonchev–Trinajstić information content (AvgIpc) is 3.21. The van der Waals surface area contributed by atoms with E-state index in [-0.39, 0.29) is 12.5 Å². The van der Waals surface area contributed by atoms with Gasteiger partial charge in [0.25, 0.3) is 5.91 Å². The number of halogens is 2. The molecule has 0 aliphatic rings. The molecule has 4 aromatic rings. The molecule has 0 atom stereocenters. The monoisotopic (exact) mass is 421 g/mol. The van der Waals surface area contributed by atoms with Gasteiger partial charge in [-0.05, 0) is 35.9 Å². The summed E-state index contributed by atoms with van der Waals surface area (Å²) >= 11 is 0. The number of carbonyl (C=O) groups is 1. The fraction of sp³-hybridized carbons (Fsp3) is 0.0909. The van der Waals surface area contributed by atoms with Crippen LogP contribution in [0.3, 0.4) is 0 Å². The highest BCUT2D eigenvalue weighted by Gasteiger charge is 2.19. The van der Waals surface area contributed by atoms with Gasteiger partial charge in [0, 0.05) is 12.4 Å². The number of benzene rings is 2. The molecular formula is C22H17F2N5O2. The third kappa shape index (κ3) is 4.25. The standard InChI is InChI=1S/C22H17F2N5O2/c1-31-21-15(22(30)27-12-14-11-25-8-9-26-14)4-7-19-20(21)18(28-29-19)6-3-13-2-5-16(23)17(24)10-13/h2-11H,12H2,1H3,(H,27,30)(H,28,29)/b6-3+. The number of aromatic nitrogens is 4. The summed E-state index contributed by atoms with van der Waals surface area (Å²) in [5.74, 6) is -1.86. The molecule has 0 bridgehead atoms. The number of hydrogen-bond acceptors (Lipinski definition) is 5. The van der Waals surface area contributed by atoms with Gasteiger partial charge in [-0.2, -0.15) is 5.10 Å². The molecule has 4 rings (SSSR count). The number of H-pyrrole nitrogens is 1. The van der Waals surface area contributed by atoms with E-state index in [1.165, 1.54) is 13.2 Å². The largest absolute Gasteiger partial charge is 0.495 e. The van der Waals surface area contributed by atoms with Crippen LogP contribution in [-0.2, 0) is 6.54 Å². The highest BCUT2D eigenvalue weighted by Crippen LogP contribution is 2.32. The maximum Gasteiger partial charge on any atom is 0.255 e. The average molecular weight is 421 g/mol. The van der Waals surface area contributed by atoms with E-state index in [1.54, 1.807) is 42.9 Å². The quantitative estimate of drug-likeness (QED) is 0.495. The van der Waals surface area contributed by atoms with Crippen molar-refractivity contribution >= 4 is 29.0 Å². The Bertz CT molecular complexity index is 1270. The number of amides is 1. The number of ether oxygens (including phenoxy) is 1. The third-order valence-corrected chi connectivity index (χ3v) is 4.58. The van der Waals surface area contributed by atoms with E-state index < -0.39 is 11.6 Å². The minimum Gasteiger partial charge on any atom is -0.495 e. The maximum atomic E-state index is 13.5. The van der Waals surface area contributed by atoms with Crippen LogP contribution in [0.4, 0.5) is 8.78 Å². The molecule has 0 fully saturated rings. The third-order valence-electron chi connectivity index (χ3n) is 4.58. The summed E-state index contributed by atoms with van der Waals surface area (Å²) in [6.45, 7) is 0.210. The van der Waals surface area contributed by atoms with Crippen molar-refractivity contribution < 1.29 is 18.3 Å². The number of rotatable bonds is 6. The van der Waals surface area contributed by atoms with E-state index in [9.17, 15) is 13.6 Å². The van der Waals surface area contributed by atoms with Crippen LogP contribution >= 0.6 is 0 Å². The van der Waals surface area contributed by atoms with Crippen molar-refractivity contribution in [3.63, 3.8) is 0 Å². The number of fused-ring (bicyclic) bond motifs is 1. The van der Waals surface area contributed by atoms with E-state index in [0.717, 1.165) is 12.1 Å². The van der Waals surface area contributed by atoms with Crippen molar-refractivity contribution in [3.05, 3.63) is 83.1 Å². The van der Waals surface area contributed by atoms with Gasteiger partial charge in [-0.15, -0.1) is 0 Å². The molecule has 2 N–H and O–H groups in total. The molecule has 156 valence electrons. The van der Waals surface area contributed by atoms with E-state index in [2.05, 4.69) is 25.5 Å². The van der Waals surface area contributed by atoms with Crippen molar-refractivity contribution in [1.82, 2.24) is 25.5 Å². The molecule has 9 heteroatoms. The predicted molar refractivity (Wildman–Crippen MR) is 111 cm³/mol. The van der Waals surface area contributed by atoms with Crippen LogP contribution < -0.4 is 10.1 Å². The minimum absolute atomic E-state index is 0.210. The Morgan fingerprint density at radius 1 is 1.16 bits per heavy atom. The van der Waals surface area contributed by atoms with Crippen molar-refractivity contribution in [3.8, 4) is 5.75 Å². The summed E-state index contributed by atoms with van der Waals surface area (Å²) in [5, 5.41) is 10.5. The first-order valence-electron chi connectivity index (χ1n) is 9.28. The first-order valence-corrected chi connectivity index (χ1v) is 9.28. The summed E-state index contributed by atoms with van der Waals surface area (Å²) in [5.41, 5.74) is 2.55. The lowest BCUT2D eigenvalue weighted by molar-refractivity contribution is 0.0947. The molecule has 0 spiro atoms. The van der Waals surface area contributed by atoms with Crippen molar-refractivity contribution in [2.24, 2.45) is 0 Å². The lowest BCUT2D eigenvalue weighted by Gasteiger charge is -2.10. The molecule has 2 aromatic heterocycles. The number of nitrogens with zero attached hydrogens (tertiary/aromatic N) is 3. The Labute approximate surface area is 175 Å². The summed E-state index contributed by atoms with van der Waals surface area (Å²) in [6.07, 6.45) is 7.90. The van der Waals surface area contributed by atoms with Gasteiger partial charge in [0.05, 0.1) is 47.7 Å². The number of nitrogens with one attached hydrogen (secondary N) is 2. The lowest BCUT2D eigenvalue weighted by Crippen LogP contribution is -2.24. The van der Waals surface area contributed by atoms with E-state index in [4.69, 9.17) is 4.74 Å². The molecule has 0 unspecified atom stereocenters. The van der Waals surface area contributed by atoms with Crippen molar-refractivity contribution in [2.75, 3.05) is 7.11 Å². The minimum atomic E-state index is -0.936. The second-order valence-electron chi connectivity index (χ2n) is 6.56. The van der Waals surface area contributed by atoms with Crippen LogP contribution in [0.5, 0.6) is 5.75 Å². The van der Waals surface area contributed by atoms with Gasteiger partial charge in [0.2, 0.25) is 0 Å². The molecule has 0 aliphatic carbocycles. The molecule has 2 aromatic carbocycles. The van der Waals surface area contributed by atoms with Gasteiger partial charge in [0.1, 0.15) is 5.75 Å². The van der Waals surface area contributed by atoms with Gasteiger partial charge in [0.15, 0.2) is 11.6 Å². The Morgan fingerprint density at radius 3 is 2.77 bits per heavy atom. The van der Waals surface area contributed by atoms with Gasteiger partial charge in [-0.3, -0.25) is 19.9 Å². The highest BCUT2D eigenvalue weighted by molar-refractivity contribution is 6.05.